The van der Waals surface area contributed by atoms with Crippen molar-refractivity contribution in [1.82, 2.24) is 10.2 Å². The molecule has 128 valence electrons. The Morgan fingerprint density at radius 1 is 1.17 bits per heavy atom. The van der Waals surface area contributed by atoms with Crippen LogP contribution in [0, 0.1) is 0 Å². The third-order valence-corrected chi connectivity index (χ3v) is 3.87. The Bertz CT molecular complexity index is 497. The highest BCUT2D eigenvalue weighted by molar-refractivity contribution is 5.95. The van der Waals surface area contributed by atoms with E-state index in [2.05, 4.69) is 12.2 Å². The predicted molar refractivity (Wildman–Crippen MR) is 91.4 cm³/mol. The molecule has 0 atom stereocenters. The molecular formula is C18H28N2O3. The molecule has 0 aliphatic carbocycles. The van der Waals surface area contributed by atoms with Gasteiger partial charge in [0.25, 0.3) is 5.91 Å². The second-order valence-electron chi connectivity index (χ2n) is 5.69. The Morgan fingerprint density at radius 3 is 2.83 bits per heavy atom. The number of rotatable bonds is 7. The van der Waals surface area contributed by atoms with Crippen LogP contribution in [0.4, 0.5) is 0 Å². The number of ether oxygens (including phenoxy) is 2. The van der Waals surface area contributed by atoms with Crippen LogP contribution in [0.2, 0.25) is 0 Å². The van der Waals surface area contributed by atoms with Gasteiger partial charge in [0.15, 0.2) is 11.5 Å². The molecule has 1 saturated heterocycles. The molecule has 1 amide bonds. The van der Waals surface area contributed by atoms with Gasteiger partial charge in [0, 0.05) is 25.2 Å². The number of carbonyl (C=O) groups is 1. The van der Waals surface area contributed by atoms with Crippen LogP contribution in [0.3, 0.4) is 0 Å². The Balaban J connectivity index is 2.11. The lowest BCUT2D eigenvalue weighted by atomic mass is 10.1. The van der Waals surface area contributed by atoms with E-state index in [1.807, 2.05) is 30.0 Å². The van der Waals surface area contributed by atoms with Crippen LogP contribution in [-0.4, -0.2) is 50.2 Å². The van der Waals surface area contributed by atoms with Gasteiger partial charge in [0.1, 0.15) is 0 Å². The molecule has 1 N–H and O–H groups in total. The summed E-state index contributed by atoms with van der Waals surface area (Å²) in [5.74, 6) is 1.44. The number of carbonyl (C=O) groups excluding carboxylic acids is 1. The van der Waals surface area contributed by atoms with E-state index < -0.39 is 0 Å². The van der Waals surface area contributed by atoms with Gasteiger partial charge in [0.2, 0.25) is 0 Å². The third-order valence-electron chi connectivity index (χ3n) is 3.87. The monoisotopic (exact) mass is 320 g/mol. The first-order chi connectivity index (χ1) is 11.3. The van der Waals surface area contributed by atoms with Gasteiger partial charge in [-0.2, -0.15) is 0 Å². The molecule has 1 aromatic carbocycles. The predicted octanol–water partition coefficient (Wildman–Crippen LogP) is 2.70. The quantitative estimate of drug-likeness (QED) is 0.785. The molecule has 23 heavy (non-hydrogen) atoms. The summed E-state index contributed by atoms with van der Waals surface area (Å²) < 4.78 is 11.4. The van der Waals surface area contributed by atoms with E-state index in [4.69, 9.17) is 9.47 Å². The molecule has 0 radical (unpaired) electrons. The van der Waals surface area contributed by atoms with Gasteiger partial charge >= 0.3 is 0 Å². The minimum Gasteiger partial charge on any atom is -0.490 e. The second-order valence-corrected chi connectivity index (χ2v) is 5.69. The number of nitrogens with zero attached hydrogens (tertiary/aromatic N) is 1. The van der Waals surface area contributed by atoms with E-state index in [1.54, 1.807) is 0 Å². The fourth-order valence-electron chi connectivity index (χ4n) is 2.59. The van der Waals surface area contributed by atoms with Gasteiger partial charge in [-0.05, 0) is 44.5 Å². The zero-order valence-corrected chi connectivity index (χ0v) is 14.3. The van der Waals surface area contributed by atoms with Crippen molar-refractivity contribution in [2.24, 2.45) is 0 Å². The first-order valence-corrected chi connectivity index (χ1v) is 8.66. The molecule has 1 aromatic rings. The molecule has 1 fully saturated rings. The summed E-state index contributed by atoms with van der Waals surface area (Å²) in [7, 11) is 0. The summed E-state index contributed by atoms with van der Waals surface area (Å²) in [6.45, 7) is 8.65. The minimum atomic E-state index is 0.0646. The summed E-state index contributed by atoms with van der Waals surface area (Å²) in [6.07, 6.45) is 3.08. The Kier molecular flexibility index (Phi) is 7.20. The summed E-state index contributed by atoms with van der Waals surface area (Å²) in [5.41, 5.74) is 0.665. The van der Waals surface area contributed by atoms with E-state index in [9.17, 15) is 4.79 Å². The summed E-state index contributed by atoms with van der Waals surface area (Å²) >= 11 is 0. The van der Waals surface area contributed by atoms with Crippen molar-refractivity contribution in [2.45, 2.75) is 33.1 Å². The SMILES string of the molecule is CCCCOc1ccc(C(=O)N2CCCNCC2)cc1OCC. The van der Waals surface area contributed by atoms with Crippen molar-refractivity contribution in [1.29, 1.82) is 0 Å². The van der Waals surface area contributed by atoms with E-state index in [0.717, 1.165) is 51.2 Å². The lowest BCUT2D eigenvalue weighted by molar-refractivity contribution is 0.0766. The Morgan fingerprint density at radius 2 is 2.04 bits per heavy atom. The van der Waals surface area contributed by atoms with Crippen LogP contribution >= 0.6 is 0 Å². The average Bonchev–Trinajstić information content (AvgIpc) is 2.85. The molecular weight excluding hydrogens is 292 g/mol. The van der Waals surface area contributed by atoms with Crippen LogP contribution in [0.5, 0.6) is 11.5 Å². The van der Waals surface area contributed by atoms with Gasteiger partial charge in [0.05, 0.1) is 13.2 Å². The lowest BCUT2D eigenvalue weighted by Crippen LogP contribution is -2.34. The van der Waals surface area contributed by atoms with E-state index in [1.165, 1.54) is 0 Å². The number of hydrogen-bond acceptors (Lipinski definition) is 4. The Hall–Kier alpha value is -1.75. The van der Waals surface area contributed by atoms with Gasteiger partial charge in [-0.1, -0.05) is 13.3 Å². The van der Waals surface area contributed by atoms with Gasteiger partial charge in [-0.3, -0.25) is 4.79 Å². The van der Waals surface area contributed by atoms with Gasteiger partial charge in [-0.15, -0.1) is 0 Å². The largest absolute Gasteiger partial charge is 0.490 e. The highest BCUT2D eigenvalue weighted by Crippen LogP contribution is 2.29. The molecule has 2 rings (SSSR count). The van der Waals surface area contributed by atoms with Crippen molar-refractivity contribution in [2.75, 3.05) is 39.4 Å². The van der Waals surface area contributed by atoms with Crippen LogP contribution in [-0.2, 0) is 0 Å². The summed E-state index contributed by atoms with van der Waals surface area (Å²) in [5, 5.41) is 3.31. The smallest absolute Gasteiger partial charge is 0.254 e. The molecule has 0 saturated carbocycles. The first kappa shape index (κ1) is 17.6. The molecule has 0 bridgehead atoms. The molecule has 5 heteroatoms. The molecule has 0 aromatic heterocycles. The van der Waals surface area contributed by atoms with Crippen LogP contribution in [0.25, 0.3) is 0 Å². The van der Waals surface area contributed by atoms with E-state index in [0.29, 0.717) is 24.5 Å². The van der Waals surface area contributed by atoms with Crippen molar-refractivity contribution in [3.8, 4) is 11.5 Å². The zero-order chi connectivity index (χ0) is 16.5. The topological polar surface area (TPSA) is 50.8 Å². The highest BCUT2D eigenvalue weighted by Gasteiger charge is 2.19. The summed E-state index contributed by atoms with van der Waals surface area (Å²) in [4.78, 5) is 14.6. The maximum Gasteiger partial charge on any atom is 0.254 e. The van der Waals surface area contributed by atoms with Crippen LogP contribution in [0.1, 0.15) is 43.5 Å². The molecule has 5 nitrogen and oxygen atoms in total. The molecule has 0 spiro atoms. The fraction of sp³-hybridized carbons (Fsp3) is 0.611. The number of benzene rings is 1. The number of amides is 1. The Labute approximate surface area is 139 Å². The molecule has 1 heterocycles. The molecule has 1 aliphatic heterocycles. The average molecular weight is 320 g/mol. The van der Waals surface area contributed by atoms with Crippen molar-refractivity contribution in [3.05, 3.63) is 23.8 Å². The fourth-order valence-corrected chi connectivity index (χ4v) is 2.59. The first-order valence-electron chi connectivity index (χ1n) is 8.66. The zero-order valence-electron chi connectivity index (χ0n) is 14.3. The van der Waals surface area contributed by atoms with Gasteiger partial charge < -0.3 is 19.7 Å². The van der Waals surface area contributed by atoms with Crippen LogP contribution in [0.15, 0.2) is 18.2 Å². The normalized spacial score (nSPS) is 15.1. The maximum absolute atomic E-state index is 12.7. The number of nitrogens with one attached hydrogen (secondary N) is 1. The maximum atomic E-state index is 12.7. The lowest BCUT2D eigenvalue weighted by Gasteiger charge is -2.21. The second kappa shape index (κ2) is 9.40. The molecule has 1 aliphatic rings. The standard InChI is InChI=1S/C18H28N2O3/c1-3-5-13-23-16-8-7-15(14-17(16)22-4-2)18(21)20-11-6-9-19-10-12-20/h7-8,14,19H,3-6,9-13H2,1-2H3. The number of hydrogen-bond donors (Lipinski definition) is 1. The minimum absolute atomic E-state index is 0.0646. The van der Waals surface area contributed by atoms with Gasteiger partial charge in [-0.25, -0.2) is 0 Å². The highest BCUT2D eigenvalue weighted by atomic mass is 16.5. The van der Waals surface area contributed by atoms with E-state index >= 15 is 0 Å². The van der Waals surface area contributed by atoms with Crippen LogP contribution < -0.4 is 14.8 Å². The molecule has 0 unspecified atom stereocenters. The van der Waals surface area contributed by atoms with Crippen molar-refractivity contribution < 1.29 is 14.3 Å². The van der Waals surface area contributed by atoms with Crippen molar-refractivity contribution in [3.63, 3.8) is 0 Å². The third kappa shape index (κ3) is 5.13. The summed E-state index contributed by atoms with van der Waals surface area (Å²) in [6, 6.07) is 5.50. The van der Waals surface area contributed by atoms with Crippen molar-refractivity contribution >= 4 is 5.91 Å². The number of unbranched alkanes of at least 4 members (excludes halogenated alkanes) is 1. The van der Waals surface area contributed by atoms with E-state index in [-0.39, 0.29) is 5.91 Å².